The first-order chi connectivity index (χ1) is 11.9. The molecule has 0 fully saturated rings. The Balaban J connectivity index is 2.01. The molecule has 4 nitrogen and oxygen atoms in total. The van der Waals surface area contributed by atoms with E-state index in [9.17, 15) is 9.18 Å². The van der Waals surface area contributed by atoms with Gasteiger partial charge in [0, 0.05) is 12.6 Å². The van der Waals surface area contributed by atoms with Crippen molar-refractivity contribution in [3.05, 3.63) is 71.5 Å². The molecule has 0 radical (unpaired) electrons. The van der Waals surface area contributed by atoms with Crippen LogP contribution in [0.3, 0.4) is 0 Å². The van der Waals surface area contributed by atoms with Gasteiger partial charge in [-0.05, 0) is 37.4 Å². The van der Waals surface area contributed by atoms with E-state index in [2.05, 4.69) is 5.32 Å². The second-order valence-electron chi connectivity index (χ2n) is 6.50. The number of benzene rings is 2. The van der Waals surface area contributed by atoms with E-state index in [0.29, 0.717) is 6.54 Å². The number of likely N-dealkylation sites (N-methyl/N-ethyl adjacent to an activating group) is 1. The Kier molecular flexibility index (Phi) is 6.67. The Hall–Kier alpha value is -2.24. The molecule has 0 heterocycles. The number of hydrogen-bond acceptors (Lipinski definition) is 3. The number of halogens is 1. The van der Waals surface area contributed by atoms with E-state index >= 15 is 0 Å². The molecule has 3 unspecified atom stereocenters. The fourth-order valence-electron chi connectivity index (χ4n) is 2.80. The maximum atomic E-state index is 13.5. The van der Waals surface area contributed by atoms with Crippen molar-refractivity contribution in [1.29, 1.82) is 0 Å². The Bertz CT molecular complexity index is 690. The maximum absolute atomic E-state index is 13.5. The summed E-state index contributed by atoms with van der Waals surface area (Å²) < 4.78 is 13.5. The van der Waals surface area contributed by atoms with Gasteiger partial charge >= 0.3 is 0 Å². The second kappa shape index (κ2) is 8.74. The molecule has 1 amide bonds. The molecule has 0 spiro atoms. The van der Waals surface area contributed by atoms with Crippen molar-refractivity contribution in [3.63, 3.8) is 0 Å². The first-order valence-electron chi connectivity index (χ1n) is 8.40. The van der Waals surface area contributed by atoms with Crippen molar-refractivity contribution >= 4 is 5.91 Å². The van der Waals surface area contributed by atoms with E-state index in [1.165, 1.54) is 12.1 Å². The standard InChI is InChI=1S/C20H26FN3O/c1-14(19(22)15-8-5-4-6-9-15)20(25)23-13-18(24(2)3)16-10-7-11-17(21)12-16/h4-12,14,18-19H,13,22H2,1-3H3,(H,23,25). The number of amides is 1. The van der Waals surface area contributed by atoms with E-state index in [4.69, 9.17) is 5.73 Å². The molecule has 0 aliphatic heterocycles. The van der Waals surface area contributed by atoms with E-state index < -0.39 is 0 Å². The van der Waals surface area contributed by atoms with Gasteiger partial charge in [-0.3, -0.25) is 4.79 Å². The van der Waals surface area contributed by atoms with Gasteiger partial charge in [-0.25, -0.2) is 4.39 Å². The minimum atomic E-state index is -0.367. The lowest BCUT2D eigenvalue weighted by Gasteiger charge is -2.27. The van der Waals surface area contributed by atoms with E-state index in [1.807, 2.05) is 62.3 Å². The number of hydrogen-bond donors (Lipinski definition) is 2. The molecular formula is C20H26FN3O. The molecule has 2 aromatic rings. The zero-order valence-corrected chi connectivity index (χ0v) is 14.9. The Morgan fingerprint density at radius 2 is 1.76 bits per heavy atom. The molecule has 2 aromatic carbocycles. The van der Waals surface area contributed by atoms with Crippen LogP contribution in [-0.2, 0) is 4.79 Å². The van der Waals surface area contributed by atoms with Gasteiger partial charge in [0.15, 0.2) is 0 Å². The van der Waals surface area contributed by atoms with E-state index in [0.717, 1.165) is 11.1 Å². The van der Waals surface area contributed by atoms with E-state index in [-0.39, 0.29) is 29.7 Å². The molecule has 0 aliphatic rings. The quantitative estimate of drug-likeness (QED) is 0.813. The van der Waals surface area contributed by atoms with Crippen LogP contribution in [0.1, 0.15) is 30.1 Å². The summed E-state index contributed by atoms with van der Waals surface area (Å²) >= 11 is 0. The van der Waals surface area contributed by atoms with Crippen LogP contribution >= 0.6 is 0 Å². The fraction of sp³-hybridized carbons (Fsp3) is 0.350. The molecule has 134 valence electrons. The highest BCUT2D eigenvalue weighted by molar-refractivity contribution is 5.79. The van der Waals surface area contributed by atoms with Crippen LogP contribution in [-0.4, -0.2) is 31.4 Å². The molecule has 0 aromatic heterocycles. The van der Waals surface area contributed by atoms with Crippen LogP contribution in [0.25, 0.3) is 0 Å². The molecule has 0 saturated heterocycles. The summed E-state index contributed by atoms with van der Waals surface area (Å²) in [6.45, 7) is 2.21. The topological polar surface area (TPSA) is 58.4 Å². The van der Waals surface area contributed by atoms with Crippen LogP contribution in [0.2, 0.25) is 0 Å². The summed E-state index contributed by atoms with van der Waals surface area (Å²) in [5, 5.41) is 2.95. The van der Waals surface area contributed by atoms with Crippen molar-refractivity contribution in [1.82, 2.24) is 10.2 Å². The minimum absolute atomic E-state index is 0.111. The summed E-state index contributed by atoms with van der Waals surface area (Å²) in [7, 11) is 3.81. The fourth-order valence-corrected chi connectivity index (χ4v) is 2.80. The molecule has 0 bridgehead atoms. The third-order valence-corrected chi connectivity index (χ3v) is 4.46. The minimum Gasteiger partial charge on any atom is -0.354 e. The lowest BCUT2D eigenvalue weighted by molar-refractivity contribution is -0.125. The van der Waals surface area contributed by atoms with Gasteiger partial charge in [-0.1, -0.05) is 49.4 Å². The Morgan fingerprint density at radius 3 is 2.36 bits per heavy atom. The number of nitrogens with zero attached hydrogens (tertiary/aromatic N) is 1. The first kappa shape index (κ1) is 19.1. The van der Waals surface area contributed by atoms with Crippen molar-refractivity contribution in [3.8, 4) is 0 Å². The Labute approximate surface area is 148 Å². The zero-order valence-electron chi connectivity index (χ0n) is 14.9. The van der Waals surface area contributed by atoms with Gasteiger partial charge in [-0.2, -0.15) is 0 Å². The van der Waals surface area contributed by atoms with Crippen molar-refractivity contribution in [2.75, 3.05) is 20.6 Å². The molecule has 0 aliphatic carbocycles. The molecule has 3 atom stereocenters. The van der Waals surface area contributed by atoms with Crippen LogP contribution in [0.5, 0.6) is 0 Å². The van der Waals surface area contributed by atoms with Gasteiger partial charge in [0.05, 0.1) is 12.0 Å². The zero-order chi connectivity index (χ0) is 18.4. The average Bonchev–Trinajstić information content (AvgIpc) is 2.61. The number of nitrogens with two attached hydrogens (primary N) is 1. The number of nitrogens with one attached hydrogen (secondary N) is 1. The highest BCUT2D eigenvalue weighted by Crippen LogP contribution is 2.21. The highest BCUT2D eigenvalue weighted by Gasteiger charge is 2.23. The number of carbonyl (C=O) groups is 1. The van der Waals surface area contributed by atoms with Crippen molar-refractivity contribution in [2.24, 2.45) is 11.7 Å². The largest absolute Gasteiger partial charge is 0.354 e. The average molecular weight is 343 g/mol. The Morgan fingerprint density at radius 1 is 1.12 bits per heavy atom. The molecule has 25 heavy (non-hydrogen) atoms. The van der Waals surface area contributed by atoms with Gasteiger partial charge in [0.1, 0.15) is 5.82 Å². The summed E-state index contributed by atoms with van der Waals surface area (Å²) in [6.07, 6.45) is 0. The third-order valence-electron chi connectivity index (χ3n) is 4.46. The monoisotopic (exact) mass is 343 g/mol. The number of rotatable bonds is 7. The maximum Gasteiger partial charge on any atom is 0.224 e. The summed E-state index contributed by atoms with van der Waals surface area (Å²) in [5.74, 6) is -0.757. The molecule has 0 saturated carbocycles. The lowest BCUT2D eigenvalue weighted by atomic mass is 9.94. The van der Waals surface area contributed by atoms with Crippen LogP contribution in [0.4, 0.5) is 4.39 Å². The molecule has 5 heteroatoms. The van der Waals surface area contributed by atoms with Gasteiger partial charge in [0.2, 0.25) is 5.91 Å². The molecule has 2 rings (SSSR count). The summed E-state index contributed by atoms with van der Waals surface area (Å²) in [5.41, 5.74) is 7.97. The van der Waals surface area contributed by atoms with Crippen LogP contribution < -0.4 is 11.1 Å². The van der Waals surface area contributed by atoms with Crippen molar-refractivity contribution < 1.29 is 9.18 Å². The predicted octanol–water partition coefficient (Wildman–Crippen LogP) is 2.88. The summed E-state index contributed by atoms with van der Waals surface area (Å²) in [6, 6.07) is 15.5. The highest BCUT2D eigenvalue weighted by atomic mass is 19.1. The van der Waals surface area contributed by atoms with Gasteiger partial charge < -0.3 is 16.0 Å². The lowest BCUT2D eigenvalue weighted by Crippen LogP contribution is -2.40. The smallest absolute Gasteiger partial charge is 0.224 e. The molecule has 3 N–H and O–H groups in total. The third kappa shape index (κ3) is 5.11. The van der Waals surface area contributed by atoms with Crippen molar-refractivity contribution in [2.45, 2.75) is 19.0 Å². The molecular weight excluding hydrogens is 317 g/mol. The van der Waals surface area contributed by atoms with Gasteiger partial charge in [-0.15, -0.1) is 0 Å². The van der Waals surface area contributed by atoms with Gasteiger partial charge in [0.25, 0.3) is 0 Å². The SMILES string of the molecule is CC(C(=O)NCC(c1cccc(F)c1)N(C)C)C(N)c1ccccc1. The second-order valence-corrected chi connectivity index (χ2v) is 6.50. The summed E-state index contributed by atoms with van der Waals surface area (Å²) in [4.78, 5) is 14.5. The number of carbonyl (C=O) groups excluding carboxylic acids is 1. The normalized spacial score (nSPS) is 14.8. The van der Waals surface area contributed by atoms with Crippen LogP contribution in [0, 0.1) is 11.7 Å². The van der Waals surface area contributed by atoms with E-state index in [1.54, 1.807) is 6.07 Å². The van der Waals surface area contributed by atoms with Crippen LogP contribution in [0.15, 0.2) is 54.6 Å². The first-order valence-corrected chi connectivity index (χ1v) is 8.40. The predicted molar refractivity (Wildman–Crippen MR) is 98.4 cm³/mol.